The number of nitrogens with one attached hydrogen (secondary N) is 1. The van der Waals surface area contributed by atoms with Gasteiger partial charge in [-0.15, -0.1) is 0 Å². The third-order valence-corrected chi connectivity index (χ3v) is 5.56. The first-order valence-corrected chi connectivity index (χ1v) is 10.5. The number of carbonyl (C=O) groups is 1. The Morgan fingerprint density at radius 2 is 1.84 bits per heavy atom. The maximum atomic E-state index is 12.9. The zero-order valence-corrected chi connectivity index (χ0v) is 18.0. The fourth-order valence-electron chi connectivity index (χ4n) is 3.87. The number of aryl methyl sites for hydroxylation is 1. The van der Waals surface area contributed by atoms with Crippen LogP contribution in [0.3, 0.4) is 0 Å². The molecular formula is C24H28N4O3. The summed E-state index contributed by atoms with van der Waals surface area (Å²) >= 11 is 0. The SMILES string of the molecule is COc1ccc(C(CNC(=O)c2cc(C)n(-c3ccccc3)n2)N2CCOCC2)cc1. The summed E-state index contributed by atoms with van der Waals surface area (Å²) in [5, 5.41) is 7.61. The van der Waals surface area contributed by atoms with Crippen LogP contribution in [-0.4, -0.2) is 60.5 Å². The average molecular weight is 421 g/mol. The van der Waals surface area contributed by atoms with Gasteiger partial charge in [0.25, 0.3) is 5.91 Å². The number of hydrogen-bond acceptors (Lipinski definition) is 5. The Morgan fingerprint density at radius 1 is 1.13 bits per heavy atom. The molecule has 1 fully saturated rings. The van der Waals surface area contributed by atoms with Gasteiger partial charge < -0.3 is 14.8 Å². The highest BCUT2D eigenvalue weighted by Gasteiger charge is 2.24. The molecule has 1 aromatic heterocycles. The van der Waals surface area contributed by atoms with Crippen molar-refractivity contribution in [2.24, 2.45) is 0 Å². The van der Waals surface area contributed by atoms with Gasteiger partial charge in [-0.3, -0.25) is 9.69 Å². The van der Waals surface area contributed by atoms with E-state index in [9.17, 15) is 4.79 Å². The van der Waals surface area contributed by atoms with Crippen LogP contribution in [0.5, 0.6) is 5.75 Å². The van der Waals surface area contributed by atoms with E-state index in [0.29, 0.717) is 25.5 Å². The van der Waals surface area contributed by atoms with Gasteiger partial charge in [0, 0.05) is 25.3 Å². The molecule has 1 atom stereocenters. The summed E-state index contributed by atoms with van der Waals surface area (Å²) in [5.41, 5.74) is 3.39. The molecule has 0 aliphatic carbocycles. The van der Waals surface area contributed by atoms with Gasteiger partial charge in [0.05, 0.1) is 32.1 Å². The third-order valence-electron chi connectivity index (χ3n) is 5.56. The van der Waals surface area contributed by atoms with Crippen molar-refractivity contribution in [1.82, 2.24) is 20.0 Å². The first-order valence-electron chi connectivity index (χ1n) is 10.5. The normalized spacial score (nSPS) is 15.4. The molecule has 1 saturated heterocycles. The Labute approximate surface area is 182 Å². The highest BCUT2D eigenvalue weighted by molar-refractivity contribution is 5.92. The summed E-state index contributed by atoms with van der Waals surface area (Å²) in [6.07, 6.45) is 0. The summed E-state index contributed by atoms with van der Waals surface area (Å²) in [6.45, 7) is 5.48. The van der Waals surface area contributed by atoms with Crippen LogP contribution in [0.15, 0.2) is 60.7 Å². The number of nitrogens with zero attached hydrogens (tertiary/aromatic N) is 3. The Balaban J connectivity index is 1.49. The van der Waals surface area contributed by atoms with E-state index in [1.807, 2.05) is 55.5 Å². The minimum Gasteiger partial charge on any atom is -0.497 e. The lowest BCUT2D eigenvalue weighted by molar-refractivity contribution is 0.0162. The minimum absolute atomic E-state index is 0.0519. The van der Waals surface area contributed by atoms with E-state index in [2.05, 4.69) is 27.4 Å². The van der Waals surface area contributed by atoms with Gasteiger partial charge in [-0.2, -0.15) is 5.10 Å². The number of amides is 1. The average Bonchev–Trinajstić information content (AvgIpc) is 3.22. The molecule has 1 N–H and O–H groups in total. The first-order chi connectivity index (χ1) is 15.2. The standard InChI is InChI=1S/C24H28N4O3/c1-18-16-22(26-28(18)20-6-4-3-5-7-20)24(29)25-17-23(27-12-14-31-15-13-27)19-8-10-21(30-2)11-9-19/h3-11,16,23H,12-15,17H2,1-2H3,(H,25,29). The van der Waals surface area contributed by atoms with Gasteiger partial charge in [0.1, 0.15) is 5.75 Å². The molecule has 7 nitrogen and oxygen atoms in total. The zero-order valence-electron chi connectivity index (χ0n) is 18.0. The molecule has 2 aromatic carbocycles. The van der Waals surface area contributed by atoms with Gasteiger partial charge in [-0.1, -0.05) is 30.3 Å². The highest BCUT2D eigenvalue weighted by Crippen LogP contribution is 2.24. The van der Waals surface area contributed by atoms with Crippen LogP contribution in [0.2, 0.25) is 0 Å². The summed E-state index contributed by atoms with van der Waals surface area (Å²) in [4.78, 5) is 15.3. The fourth-order valence-corrected chi connectivity index (χ4v) is 3.87. The predicted octanol–water partition coefficient (Wildman–Crippen LogP) is 2.99. The Kier molecular flexibility index (Phi) is 6.64. The first kappa shape index (κ1) is 21.1. The molecule has 0 bridgehead atoms. The fraction of sp³-hybridized carbons (Fsp3) is 0.333. The molecule has 3 aromatic rings. The van der Waals surface area contributed by atoms with Crippen LogP contribution >= 0.6 is 0 Å². The number of morpholine rings is 1. The summed E-state index contributed by atoms with van der Waals surface area (Å²) < 4.78 is 12.6. The van der Waals surface area contributed by atoms with Gasteiger partial charge >= 0.3 is 0 Å². The van der Waals surface area contributed by atoms with E-state index < -0.39 is 0 Å². The second-order valence-electron chi connectivity index (χ2n) is 7.57. The number of para-hydroxylation sites is 1. The Bertz CT molecular complexity index is 995. The molecule has 162 valence electrons. The van der Waals surface area contributed by atoms with Crippen molar-refractivity contribution < 1.29 is 14.3 Å². The Hall–Kier alpha value is -3.16. The van der Waals surface area contributed by atoms with E-state index in [0.717, 1.165) is 35.8 Å². The van der Waals surface area contributed by atoms with Crippen LogP contribution in [0.25, 0.3) is 5.69 Å². The Morgan fingerprint density at radius 3 is 2.52 bits per heavy atom. The molecule has 7 heteroatoms. The number of ether oxygens (including phenoxy) is 2. The molecule has 1 aliphatic rings. The van der Waals surface area contributed by atoms with Gasteiger partial charge in [0.15, 0.2) is 5.69 Å². The number of aromatic nitrogens is 2. The minimum atomic E-state index is -0.176. The maximum Gasteiger partial charge on any atom is 0.271 e. The summed E-state index contributed by atoms with van der Waals surface area (Å²) in [5.74, 6) is 0.639. The molecule has 1 aliphatic heterocycles. The molecule has 0 spiro atoms. The van der Waals surface area contributed by atoms with E-state index >= 15 is 0 Å². The van der Waals surface area contributed by atoms with Crippen molar-refractivity contribution in [2.45, 2.75) is 13.0 Å². The number of methoxy groups -OCH3 is 1. The molecule has 4 rings (SSSR count). The van der Waals surface area contributed by atoms with Crippen molar-refractivity contribution in [3.05, 3.63) is 77.6 Å². The largest absolute Gasteiger partial charge is 0.497 e. The summed E-state index contributed by atoms with van der Waals surface area (Å²) in [7, 11) is 1.66. The molecule has 1 unspecified atom stereocenters. The molecule has 1 amide bonds. The number of benzene rings is 2. The molecule has 0 saturated carbocycles. The van der Waals surface area contributed by atoms with E-state index in [4.69, 9.17) is 9.47 Å². The molecule has 31 heavy (non-hydrogen) atoms. The van der Waals surface area contributed by atoms with Gasteiger partial charge in [-0.05, 0) is 42.8 Å². The lowest BCUT2D eigenvalue weighted by Crippen LogP contribution is -2.43. The maximum absolute atomic E-state index is 12.9. The lowest BCUT2D eigenvalue weighted by atomic mass is 10.0. The van der Waals surface area contributed by atoms with Gasteiger partial charge in [-0.25, -0.2) is 4.68 Å². The van der Waals surface area contributed by atoms with Crippen LogP contribution in [-0.2, 0) is 4.74 Å². The molecule has 2 heterocycles. The van der Waals surface area contributed by atoms with Crippen LogP contribution < -0.4 is 10.1 Å². The molecular weight excluding hydrogens is 392 g/mol. The quantitative estimate of drug-likeness (QED) is 0.636. The van der Waals surface area contributed by atoms with Crippen molar-refractivity contribution in [3.8, 4) is 11.4 Å². The zero-order chi connectivity index (χ0) is 21.6. The predicted molar refractivity (Wildman–Crippen MR) is 119 cm³/mol. The third kappa shape index (κ3) is 4.95. The lowest BCUT2D eigenvalue weighted by Gasteiger charge is -2.35. The highest BCUT2D eigenvalue weighted by atomic mass is 16.5. The number of hydrogen-bond donors (Lipinski definition) is 1. The van der Waals surface area contributed by atoms with Crippen molar-refractivity contribution >= 4 is 5.91 Å². The van der Waals surface area contributed by atoms with Crippen molar-refractivity contribution in [1.29, 1.82) is 0 Å². The van der Waals surface area contributed by atoms with Crippen LogP contribution in [0.1, 0.15) is 27.8 Å². The number of carbonyl (C=O) groups excluding carboxylic acids is 1. The number of rotatable bonds is 7. The smallest absolute Gasteiger partial charge is 0.271 e. The van der Waals surface area contributed by atoms with Crippen molar-refractivity contribution in [2.75, 3.05) is 40.0 Å². The van der Waals surface area contributed by atoms with E-state index in [-0.39, 0.29) is 11.9 Å². The van der Waals surface area contributed by atoms with Crippen LogP contribution in [0.4, 0.5) is 0 Å². The topological polar surface area (TPSA) is 68.6 Å². The summed E-state index contributed by atoms with van der Waals surface area (Å²) in [6, 6.07) is 19.7. The van der Waals surface area contributed by atoms with Gasteiger partial charge in [0.2, 0.25) is 0 Å². The monoisotopic (exact) mass is 420 g/mol. The second kappa shape index (κ2) is 9.76. The van der Waals surface area contributed by atoms with Crippen LogP contribution in [0, 0.1) is 6.92 Å². The van der Waals surface area contributed by atoms with E-state index in [1.165, 1.54) is 0 Å². The second-order valence-corrected chi connectivity index (χ2v) is 7.57. The van der Waals surface area contributed by atoms with E-state index in [1.54, 1.807) is 11.8 Å². The van der Waals surface area contributed by atoms with Crippen molar-refractivity contribution in [3.63, 3.8) is 0 Å². The molecule has 0 radical (unpaired) electrons.